The Hall–Kier alpha value is -3.10. The van der Waals surface area contributed by atoms with E-state index in [0.717, 1.165) is 28.3 Å². The molecular formula is C21H23F3N4O2. The summed E-state index contributed by atoms with van der Waals surface area (Å²) in [5.41, 5.74) is 1.53. The quantitative estimate of drug-likeness (QED) is 0.814. The Balaban J connectivity index is 1.99. The van der Waals surface area contributed by atoms with Gasteiger partial charge in [-0.1, -0.05) is 12.1 Å². The van der Waals surface area contributed by atoms with Crippen LogP contribution in [0.25, 0.3) is 0 Å². The third-order valence-corrected chi connectivity index (χ3v) is 5.20. The summed E-state index contributed by atoms with van der Waals surface area (Å²) in [7, 11) is 3.33. The van der Waals surface area contributed by atoms with E-state index in [1.165, 1.54) is 11.8 Å². The molecule has 0 radical (unpaired) electrons. The Labute approximate surface area is 172 Å². The van der Waals surface area contributed by atoms with Gasteiger partial charge in [0.25, 0.3) is 0 Å². The Morgan fingerprint density at radius 1 is 1.27 bits per heavy atom. The van der Waals surface area contributed by atoms with Gasteiger partial charge in [0.2, 0.25) is 11.8 Å². The first-order chi connectivity index (χ1) is 14.0. The molecule has 1 unspecified atom stereocenters. The van der Waals surface area contributed by atoms with Crippen molar-refractivity contribution in [1.29, 1.82) is 0 Å². The fourth-order valence-electron chi connectivity index (χ4n) is 3.74. The van der Waals surface area contributed by atoms with Gasteiger partial charge in [-0.05, 0) is 44.0 Å². The molecule has 1 saturated heterocycles. The van der Waals surface area contributed by atoms with Crippen LogP contribution in [0.4, 0.5) is 30.4 Å². The first-order valence-corrected chi connectivity index (χ1v) is 9.47. The van der Waals surface area contributed by atoms with Crippen LogP contribution in [-0.2, 0) is 15.8 Å². The van der Waals surface area contributed by atoms with Crippen molar-refractivity contribution in [2.75, 3.05) is 29.2 Å². The van der Waals surface area contributed by atoms with Gasteiger partial charge in [0, 0.05) is 26.2 Å². The minimum Gasteiger partial charge on any atom is -0.386 e. The number of hydrogen-bond donors (Lipinski definition) is 1. The van der Waals surface area contributed by atoms with Crippen LogP contribution in [0.3, 0.4) is 0 Å². The number of pyridine rings is 1. The lowest BCUT2D eigenvalue weighted by molar-refractivity contribution is -0.137. The summed E-state index contributed by atoms with van der Waals surface area (Å²) < 4.78 is 39.7. The molecule has 1 fully saturated rings. The average Bonchev–Trinajstić information content (AvgIpc) is 3.06. The standard InChI is InChI=1S/C21H23F3N4O2/c1-12-6-5-7-15(19(12)25-3)27(4)20(30)16-8-9-18(29)28(16)17-11-14(21(22,23)24)10-13(2)26-17/h5-7,10-11,16,25H,8-9H2,1-4H3. The van der Waals surface area contributed by atoms with Gasteiger partial charge in [0.15, 0.2) is 0 Å². The molecule has 6 nitrogen and oxygen atoms in total. The number of halogens is 3. The highest BCUT2D eigenvalue weighted by molar-refractivity contribution is 6.09. The lowest BCUT2D eigenvalue weighted by atomic mass is 10.1. The van der Waals surface area contributed by atoms with Crippen LogP contribution in [0.1, 0.15) is 29.7 Å². The SMILES string of the molecule is CNc1c(C)cccc1N(C)C(=O)C1CCC(=O)N1c1cc(C(F)(F)F)cc(C)n1. The molecule has 0 saturated carbocycles. The number of benzene rings is 1. The monoisotopic (exact) mass is 420 g/mol. The summed E-state index contributed by atoms with van der Waals surface area (Å²) in [6, 6.07) is 6.29. The zero-order valence-corrected chi connectivity index (χ0v) is 17.2. The van der Waals surface area contributed by atoms with Gasteiger partial charge in [-0.25, -0.2) is 4.98 Å². The lowest BCUT2D eigenvalue weighted by Gasteiger charge is -2.29. The smallest absolute Gasteiger partial charge is 0.386 e. The molecule has 2 heterocycles. The molecule has 1 aromatic heterocycles. The highest BCUT2D eigenvalue weighted by Crippen LogP contribution is 2.35. The van der Waals surface area contributed by atoms with E-state index in [4.69, 9.17) is 0 Å². The van der Waals surface area contributed by atoms with Crippen LogP contribution in [0.5, 0.6) is 0 Å². The molecule has 160 valence electrons. The van der Waals surface area contributed by atoms with E-state index < -0.39 is 23.7 Å². The van der Waals surface area contributed by atoms with E-state index in [0.29, 0.717) is 5.69 Å². The molecule has 2 amide bonds. The molecule has 0 spiro atoms. The van der Waals surface area contributed by atoms with Gasteiger partial charge in [0.1, 0.15) is 11.9 Å². The Morgan fingerprint density at radius 2 is 1.97 bits per heavy atom. The fourth-order valence-corrected chi connectivity index (χ4v) is 3.74. The number of alkyl halides is 3. The first kappa shape index (κ1) is 21.6. The zero-order valence-electron chi connectivity index (χ0n) is 17.2. The number of aromatic nitrogens is 1. The van der Waals surface area contributed by atoms with Crippen LogP contribution in [0.15, 0.2) is 30.3 Å². The van der Waals surface area contributed by atoms with Gasteiger partial charge in [-0.15, -0.1) is 0 Å². The highest BCUT2D eigenvalue weighted by atomic mass is 19.4. The van der Waals surface area contributed by atoms with Crippen LogP contribution >= 0.6 is 0 Å². The minimum atomic E-state index is -4.58. The fraction of sp³-hybridized carbons (Fsp3) is 0.381. The highest BCUT2D eigenvalue weighted by Gasteiger charge is 2.41. The normalized spacial score (nSPS) is 16.7. The van der Waals surface area contributed by atoms with Crippen LogP contribution in [0.2, 0.25) is 0 Å². The molecule has 30 heavy (non-hydrogen) atoms. The van der Waals surface area contributed by atoms with Gasteiger partial charge in [0.05, 0.1) is 16.9 Å². The zero-order chi connectivity index (χ0) is 22.2. The largest absolute Gasteiger partial charge is 0.416 e. The maximum atomic E-state index is 13.3. The number of aryl methyl sites for hydroxylation is 2. The molecule has 1 aliphatic rings. The average molecular weight is 420 g/mol. The van der Waals surface area contributed by atoms with Crippen LogP contribution < -0.4 is 15.1 Å². The number of likely N-dealkylation sites (N-methyl/N-ethyl adjacent to an activating group) is 1. The Morgan fingerprint density at radius 3 is 2.60 bits per heavy atom. The first-order valence-electron chi connectivity index (χ1n) is 9.47. The third kappa shape index (κ3) is 3.96. The molecule has 9 heteroatoms. The van der Waals surface area contributed by atoms with Crippen molar-refractivity contribution in [2.45, 2.75) is 38.9 Å². The van der Waals surface area contributed by atoms with Crippen molar-refractivity contribution in [3.8, 4) is 0 Å². The summed E-state index contributed by atoms with van der Waals surface area (Å²) in [6.45, 7) is 3.32. The molecule has 2 aromatic rings. The van der Waals surface area contributed by atoms with E-state index in [2.05, 4.69) is 10.3 Å². The third-order valence-electron chi connectivity index (χ3n) is 5.20. The van der Waals surface area contributed by atoms with E-state index >= 15 is 0 Å². The second-order valence-electron chi connectivity index (χ2n) is 7.29. The number of carbonyl (C=O) groups excluding carboxylic acids is 2. The number of rotatable bonds is 4. The minimum absolute atomic E-state index is 0.0634. The molecule has 1 N–H and O–H groups in total. The van der Waals surface area contributed by atoms with Crippen molar-refractivity contribution in [1.82, 2.24) is 4.98 Å². The van der Waals surface area contributed by atoms with E-state index in [1.807, 2.05) is 19.1 Å². The molecule has 0 bridgehead atoms. The molecule has 3 rings (SSSR count). The summed E-state index contributed by atoms with van der Waals surface area (Å²) in [6.07, 6.45) is -4.31. The Kier molecular flexibility index (Phi) is 5.74. The van der Waals surface area contributed by atoms with Gasteiger partial charge < -0.3 is 10.2 Å². The summed E-state index contributed by atoms with van der Waals surface area (Å²) in [5.74, 6) is -0.972. The number of anilines is 3. The van der Waals surface area contributed by atoms with Crippen molar-refractivity contribution in [3.63, 3.8) is 0 Å². The van der Waals surface area contributed by atoms with E-state index in [1.54, 1.807) is 20.2 Å². The molecule has 1 atom stereocenters. The van der Waals surface area contributed by atoms with Crippen molar-refractivity contribution in [2.24, 2.45) is 0 Å². The van der Waals surface area contributed by atoms with Gasteiger partial charge in [-0.3, -0.25) is 14.5 Å². The molecule has 1 aromatic carbocycles. The van der Waals surface area contributed by atoms with Crippen molar-refractivity contribution < 1.29 is 22.8 Å². The van der Waals surface area contributed by atoms with Crippen molar-refractivity contribution >= 4 is 29.0 Å². The number of hydrogen-bond acceptors (Lipinski definition) is 4. The molecule has 0 aliphatic carbocycles. The van der Waals surface area contributed by atoms with E-state index in [-0.39, 0.29) is 30.3 Å². The maximum absolute atomic E-state index is 13.3. The number of amides is 2. The predicted octanol–water partition coefficient (Wildman–Crippen LogP) is 3.92. The number of nitrogens with zero attached hydrogens (tertiary/aromatic N) is 3. The summed E-state index contributed by atoms with van der Waals surface area (Å²) in [5, 5.41) is 3.06. The second-order valence-corrected chi connectivity index (χ2v) is 7.29. The van der Waals surface area contributed by atoms with Gasteiger partial charge >= 0.3 is 6.18 Å². The lowest BCUT2D eigenvalue weighted by Crippen LogP contribution is -2.46. The number of nitrogens with one attached hydrogen (secondary N) is 1. The number of para-hydroxylation sites is 1. The Bertz CT molecular complexity index is 991. The molecule has 1 aliphatic heterocycles. The van der Waals surface area contributed by atoms with Gasteiger partial charge in [-0.2, -0.15) is 13.2 Å². The predicted molar refractivity (Wildman–Crippen MR) is 109 cm³/mol. The topological polar surface area (TPSA) is 65.5 Å². The van der Waals surface area contributed by atoms with Crippen LogP contribution in [-0.4, -0.2) is 36.9 Å². The number of carbonyl (C=O) groups is 2. The van der Waals surface area contributed by atoms with Crippen LogP contribution in [0, 0.1) is 13.8 Å². The second kappa shape index (κ2) is 7.97. The molecular weight excluding hydrogens is 397 g/mol. The van der Waals surface area contributed by atoms with E-state index in [9.17, 15) is 22.8 Å². The summed E-state index contributed by atoms with van der Waals surface area (Å²) >= 11 is 0. The summed E-state index contributed by atoms with van der Waals surface area (Å²) in [4.78, 5) is 32.4. The maximum Gasteiger partial charge on any atom is 0.416 e. The van der Waals surface area contributed by atoms with Crippen molar-refractivity contribution in [3.05, 3.63) is 47.2 Å².